The molecule has 0 bridgehead atoms. The van der Waals surface area contributed by atoms with Crippen LogP contribution in [0, 0.1) is 11.8 Å². The first-order valence-electron chi connectivity index (χ1n) is 13.6. The molecule has 4 rings (SSSR count). The van der Waals surface area contributed by atoms with Crippen molar-refractivity contribution >= 4 is 44.8 Å². The Bertz CT molecular complexity index is 1300. The third-order valence-corrected chi connectivity index (χ3v) is 10.4. The van der Waals surface area contributed by atoms with Crippen molar-refractivity contribution in [2.75, 3.05) is 31.6 Å². The van der Waals surface area contributed by atoms with Crippen LogP contribution in [-0.4, -0.2) is 65.6 Å². The average molecular weight is 598 g/mol. The van der Waals surface area contributed by atoms with Gasteiger partial charge in [-0.15, -0.1) is 0 Å². The predicted octanol–water partition coefficient (Wildman–Crippen LogP) is 5.63. The molecule has 2 aromatic rings. The molecule has 0 unspecified atom stereocenters. The van der Waals surface area contributed by atoms with E-state index in [-0.39, 0.29) is 30.3 Å². The van der Waals surface area contributed by atoms with E-state index in [9.17, 15) is 13.2 Å². The summed E-state index contributed by atoms with van der Waals surface area (Å²) >= 11 is 13.1. The molecular weight excluding hydrogens is 559 g/mol. The van der Waals surface area contributed by atoms with Crippen molar-refractivity contribution in [2.45, 2.75) is 70.7 Å². The zero-order valence-corrected chi connectivity index (χ0v) is 25.4. The van der Waals surface area contributed by atoms with Crippen molar-refractivity contribution in [2.24, 2.45) is 11.8 Å². The number of aromatic nitrogens is 2. The minimum atomic E-state index is -3.40. The SMILES string of the molecule is CC(C)S(=O)(=O)N1CCC[C@H](C(=O)Cc2cc(-c3nc(NC[C@@H]4CCOC(C)(C)C4)ccc3Cl)c(Cl)cn2)C1. The molecule has 0 saturated carbocycles. The van der Waals surface area contributed by atoms with Crippen molar-refractivity contribution in [1.82, 2.24) is 14.3 Å². The second-order valence-electron chi connectivity index (χ2n) is 11.5. The molecule has 0 spiro atoms. The van der Waals surface area contributed by atoms with Crippen LogP contribution in [0.1, 0.15) is 59.1 Å². The van der Waals surface area contributed by atoms with Crippen molar-refractivity contribution in [3.05, 3.63) is 40.1 Å². The summed E-state index contributed by atoms with van der Waals surface area (Å²) in [4.78, 5) is 22.3. The average Bonchev–Trinajstić information content (AvgIpc) is 2.89. The van der Waals surface area contributed by atoms with E-state index in [1.54, 1.807) is 26.0 Å². The molecule has 1 N–H and O–H groups in total. The van der Waals surface area contributed by atoms with E-state index in [2.05, 4.69) is 24.1 Å². The molecule has 4 heterocycles. The molecule has 2 aromatic heterocycles. The molecule has 39 heavy (non-hydrogen) atoms. The van der Waals surface area contributed by atoms with E-state index in [1.807, 2.05) is 6.07 Å². The number of piperidine rings is 1. The van der Waals surface area contributed by atoms with Crippen molar-refractivity contribution in [1.29, 1.82) is 0 Å². The number of ketones is 1. The number of Topliss-reactive ketones (excluding diaryl/α,β-unsaturated/α-hetero) is 1. The van der Waals surface area contributed by atoms with E-state index in [4.69, 9.17) is 32.9 Å². The van der Waals surface area contributed by atoms with E-state index >= 15 is 0 Å². The summed E-state index contributed by atoms with van der Waals surface area (Å²) in [5, 5.41) is 3.74. The lowest BCUT2D eigenvalue weighted by molar-refractivity contribution is -0.123. The summed E-state index contributed by atoms with van der Waals surface area (Å²) in [6.45, 7) is 9.74. The highest BCUT2D eigenvalue weighted by atomic mass is 35.5. The molecule has 0 aromatic carbocycles. The van der Waals surface area contributed by atoms with Crippen molar-refractivity contribution < 1.29 is 17.9 Å². The number of sulfonamides is 1. The van der Waals surface area contributed by atoms with Crippen LogP contribution < -0.4 is 5.32 Å². The number of pyridine rings is 2. The molecule has 0 aliphatic carbocycles. The standard InChI is InChI=1S/C28H38Cl2N4O4S/c1-18(2)39(36,37)34-10-5-6-20(17-34)25(35)13-21-12-22(24(30)16-31-21)27-23(29)7-8-26(33-27)32-15-19-9-11-38-28(3,4)14-19/h7-8,12,16,18-20H,5-6,9-11,13-15,17H2,1-4H3,(H,32,33)/t19-,20+/m1/s1. The normalized spacial score (nSPS) is 22.1. The van der Waals surface area contributed by atoms with Crippen LogP contribution in [0.2, 0.25) is 10.0 Å². The minimum Gasteiger partial charge on any atom is -0.376 e. The number of anilines is 1. The molecule has 0 radical (unpaired) electrons. The zero-order valence-electron chi connectivity index (χ0n) is 23.0. The monoisotopic (exact) mass is 596 g/mol. The Labute approximate surface area is 241 Å². The summed E-state index contributed by atoms with van der Waals surface area (Å²) in [5.41, 5.74) is 1.54. The van der Waals surface area contributed by atoms with E-state index in [0.29, 0.717) is 58.1 Å². The Hall–Kier alpha value is -1.78. The first kappa shape index (κ1) is 30.2. The number of hydrogen-bond acceptors (Lipinski definition) is 7. The number of nitrogens with zero attached hydrogens (tertiary/aromatic N) is 3. The Kier molecular flexibility index (Phi) is 9.59. The second-order valence-corrected chi connectivity index (χ2v) is 14.8. The molecule has 2 fully saturated rings. The van der Waals surface area contributed by atoms with Crippen LogP contribution in [0.25, 0.3) is 11.3 Å². The van der Waals surface area contributed by atoms with Gasteiger partial charge in [-0.1, -0.05) is 23.2 Å². The molecule has 2 atom stereocenters. The maximum atomic E-state index is 13.2. The third kappa shape index (κ3) is 7.50. The number of rotatable bonds is 9. The molecule has 0 amide bonds. The van der Waals surface area contributed by atoms with Gasteiger partial charge in [0.1, 0.15) is 11.6 Å². The Balaban J connectivity index is 1.47. The van der Waals surface area contributed by atoms with E-state index in [0.717, 1.165) is 26.0 Å². The van der Waals surface area contributed by atoms with Crippen LogP contribution in [-0.2, 0) is 26.0 Å². The highest BCUT2D eigenvalue weighted by Gasteiger charge is 2.34. The predicted molar refractivity (Wildman–Crippen MR) is 156 cm³/mol. The van der Waals surface area contributed by atoms with E-state index in [1.165, 1.54) is 10.5 Å². The third-order valence-electron chi connectivity index (χ3n) is 7.53. The van der Waals surface area contributed by atoms with Crippen LogP contribution >= 0.6 is 23.2 Å². The fourth-order valence-corrected chi connectivity index (χ4v) is 7.10. The largest absolute Gasteiger partial charge is 0.376 e. The molecule has 2 aliphatic heterocycles. The highest BCUT2D eigenvalue weighted by molar-refractivity contribution is 7.89. The van der Waals surface area contributed by atoms with Crippen molar-refractivity contribution in [3.63, 3.8) is 0 Å². The van der Waals surface area contributed by atoms with Gasteiger partial charge in [-0.3, -0.25) is 9.78 Å². The topological polar surface area (TPSA) is 101 Å². The number of ether oxygens (including phenoxy) is 1. The summed E-state index contributed by atoms with van der Waals surface area (Å²) < 4.78 is 32.5. The van der Waals surface area contributed by atoms with Crippen LogP contribution in [0.3, 0.4) is 0 Å². The van der Waals surface area contributed by atoms with Gasteiger partial charge in [0, 0.05) is 56.0 Å². The first-order chi connectivity index (χ1) is 18.4. The number of nitrogens with one attached hydrogen (secondary N) is 1. The second kappa shape index (κ2) is 12.4. The molecular formula is C28H38Cl2N4O4S. The highest BCUT2D eigenvalue weighted by Crippen LogP contribution is 2.34. The van der Waals surface area contributed by atoms with Crippen LogP contribution in [0.15, 0.2) is 24.4 Å². The maximum Gasteiger partial charge on any atom is 0.216 e. The Morgan fingerprint density at radius 3 is 2.72 bits per heavy atom. The van der Waals surface area contributed by atoms with E-state index < -0.39 is 15.3 Å². The van der Waals surface area contributed by atoms with Gasteiger partial charge >= 0.3 is 0 Å². The minimum absolute atomic E-state index is 0.0340. The molecule has 2 saturated heterocycles. The molecule has 2 aliphatic rings. The van der Waals surface area contributed by atoms with Gasteiger partial charge < -0.3 is 10.1 Å². The summed E-state index contributed by atoms with van der Waals surface area (Å²) in [5.74, 6) is 0.770. The fraction of sp³-hybridized carbons (Fsp3) is 0.607. The fourth-order valence-electron chi connectivity index (χ4n) is 5.33. The van der Waals surface area contributed by atoms with Gasteiger partial charge in [-0.25, -0.2) is 17.7 Å². The quantitative estimate of drug-likeness (QED) is 0.400. The van der Waals surface area contributed by atoms with Gasteiger partial charge in [0.05, 0.1) is 26.6 Å². The van der Waals surface area contributed by atoms with Gasteiger partial charge in [0.15, 0.2) is 0 Å². The van der Waals surface area contributed by atoms with Crippen LogP contribution in [0.5, 0.6) is 0 Å². The lowest BCUT2D eigenvalue weighted by Crippen LogP contribution is -2.45. The van der Waals surface area contributed by atoms with Gasteiger partial charge in [0.25, 0.3) is 0 Å². The smallest absolute Gasteiger partial charge is 0.216 e. The van der Waals surface area contributed by atoms with Crippen molar-refractivity contribution in [3.8, 4) is 11.3 Å². The number of carbonyl (C=O) groups excluding carboxylic acids is 1. The van der Waals surface area contributed by atoms with Gasteiger partial charge in [0.2, 0.25) is 10.0 Å². The Morgan fingerprint density at radius 2 is 2.00 bits per heavy atom. The number of hydrogen-bond donors (Lipinski definition) is 1. The lowest BCUT2D eigenvalue weighted by atomic mass is 9.88. The summed E-state index contributed by atoms with van der Waals surface area (Å²) in [7, 11) is -3.40. The number of carbonyl (C=O) groups is 1. The van der Waals surface area contributed by atoms with Gasteiger partial charge in [-0.05, 0) is 77.5 Å². The molecule has 214 valence electrons. The zero-order chi connectivity index (χ0) is 28.4. The first-order valence-corrected chi connectivity index (χ1v) is 15.8. The van der Waals surface area contributed by atoms with Gasteiger partial charge in [-0.2, -0.15) is 0 Å². The lowest BCUT2D eigenvalue weighted by Gasteiger charge is -2.35. The molecule has 8 nitrogen and oxygen atoms in total. The summed E-state index contributed by atoms with van der Waals surface area (Å²) in [6, 6.07) is 5.38. The van der Waals surface area contributed by atoms with Crippen LogP contribution in [0.4, 0.5) is 5.82 Å². The number of halogens is 2. The molecule has 11 heteroatoms. The summed E-state index contributed by atoms with van der Waals surface area (Å²) in [6.07, 6.45) is 4.88. The Morgan fingerprint density at radius 1 is 1.23 bits per heavy atom. The maximum absolute atomic E-state index is 13.2.